The fourth-order valence-electron chi connectivity index (χ4n) is 1.22. The van der Waals surface area contributed by atoms with Crippen LogP contribution >= 0.6 is 0 Å². The van der Waals surface area contributed by atoms with Crippen molar-refractivity contribution in [1.82, 2.24) is 15.1 Å². The van der Waals surface area contributed by atoms with Crippen molar-refractivity contribution in [1.29, 1.82) is 0 Å². The van der Waals surface area contributed by atoms with E-state index in [9.17, 15) is 4.79 Å². The summed E-state index contributed by atoms with van der Waals surface area (Å²) in [6.07, 6.45) is 3.22. The van der Waals surface area contributed by atoms with Crippen molar-refractivity contribution in [3.63, 3.8) is 0 Å². The molecular formula is C11H19N3O3. The molecule has 2 N–H and O–H groups in total. The van der Waals surface area contributed by atoms with E-state index in [1.54, 1.807) is 4.68 Å². The van der Waals surface area contributed by atoms with E-state index in [1.165, 1.54) is 12.4 Å². The zero-order valence-corrected chi connectivity index (χ0v) is 10.4. The van der Waals surface area contributed by atoms with Crippen molar-refractivity contribution < 1.29 is 14.6 Å². The summed E-state index contributed by atoms with van der Waals surface area (Å²) in [5, 5.41) is 15.6. The van der Waals surface area contributed by atoms with Gasteiger partial charge in [-0.25, -0.2) is 4.79 Å². The molecule has 0 atom stereocenters. The molecule has 0 saturated carbocycles. The molecule has 0 radical (unpaired) electrons. The molecule has 17 heavy (non-hydrogen) atoms. The van der Waals surface area contributed by atoms with Gasteiger partial charge in [0.25, 0.3) is 0 Å². The number of aryl methyl sites for hydroxylation is 1. The first-order valence-corrected chi connectivity index (χ1v) is 5.55. The second-order valence-electron chi connectivity index (χ2n) is 4.74. The summed E-state index contributed by atoms with van der Waals surface area (Å²) in [6, 6.07) is 0. The molecule has 0 aliphatic carbocycles. The zero-order valence-electron chi connectivity index (χ0n) is 10.4. The lowest BCUT2D eigenvalue weighted by molar-refractivity contribution is 0.0526. The average Bonchev–Trinajstić information content (AvgIpc) is 2.56. The van der Waals surface area contributed by atoms with Crippen molar-refractivity contribution >= 4 is 6.09 Å². The molecule has 0 unspecified atom stereocenters. The maximum absolute atomic E-state index is 11.3. The molecule has 1 aromatic rings. The van der Waals surface area contributed by atoms with Gasteiger partial charge in [0.15, 0.2) is 5.75 Å². The van der Waals surface area contributed by atoms with Gasteiger partial charge in [-0.05, 0) is 27.2 Å². The molecule has 6 heteroatoms. The fraction of sp³-hybridized carbons (Fsp3) is 0.636. The summed E-state index contributed by atoms with van der Waals surface area (Å²) in [5.41, 5.74) is -0.474. The Balaban J connectivity index is 2.14. The second kappa shape index (κ2) is 5.56. The highest BCUT2D eigenvalue weighted by atomic mass is 16.6. The molecule has 1 aromatic heterocycles. The van der Waals surface area contributed by atoms with Gasteiger partial charge in [-0.1, -0.05) is 0 Å². The summed E-state index contributed by atoms with van der Waals surface area (Å²) in [6.45, 7) is 6.60. The van der Waals surface area contributed by atoms with Gasteiger partial charge in [0.2, 0.25) is 0 Å². The highest BCUT2D eigenvalue weighted by molar-refractivity contribution is 5.67. The predicted molar refractivity (Wildman–Crippen MR) is 62.7 cm³/mol. The summed E-state index contributed by atoms with van der Waals surface area (Å²) in [7, 11) is 0. The molecule has 0 spiro atoms. The first-order valence-electron chi connectivity index (χ1n) is 5.55. The highest BCUT2D eigenvalue weighted by Gasteiger charge is 2.15. The minimum absolute atomic E-state index is 0.144. The number of carbonyl (C=O) groups excluding carboxylic acids is 1. The largest absolute Gasteiger partial charge is 0.505 e. The summed E-state index contributed by atoms with van der Waals surface area (Å²) < 4.78 is 6.70. The summed E-state index contributed by atoms with van der Waals surface area (Å²) in [5.74, 6) is 0.144. The monoisotopic (exact) mass is 241 g/mol. The Morgan fingerprint density at radius 1 is 1.59 bits per heavy atom. The number of ether oxygens (including phenoxy) is 1. The van der Waals surface area contributed by atoms with E-state index in [4.69, 9.17) is 9.84 Å². The highest BCUT2D eigenvalue weighted by Crippen LogP contribution is 2.06. The van der Waals surface area contributed by atoms with Gasteiger partial charge < -0.3 is 15.2 Å². The molecule has 1 rings (SSSR count). The molecule has 6 nitrogen and oxygen atoms in total. The van der Waals surface area contributed by atoms with Crippen LogP contribution < -0.4 is 5.32 Å². The standard InChI is InChI=1S/C11H19N3O3/c1-11(2,3)17-10(16)12-5-4-6-14-8-9(15)7-13-14/h7-8,15H,4-6H2,1-3H3,(H,12,16). The van der Waals surface area contributed by atoms with Crippen LogP contribution in [0, 0.1) is 0 Å². The Morgan fingerprint density at radius 3 is 2.82 bits per heavy atom. The Morgan fingerprint density at radius 2 is 2.29 bits per heavy atom. The number of carbonyl (C=O) groups is 1. The summed E-state index contributed by atoms with van der Waals surface area (Å²) in [4.78, 5) is 11.3. The van der Waals surface area contributed by atoms with Crippen LogP contribution in [0.3, 0.4) is 0 Å². The number of aromatic nitrogens is 2. The maximum Gasteiger partial charge on any atom is 0.407 e. The van der Waals surface area contributed by atoms with Crippen molar-refractivity contribution in [2.24, 2.45) is 0 Å². The van der Waals surface area contributed by atoms with Crippen LogP contribution in [-0.4, -0.2) is 33.1 Å². The lowest BCUT2D eigenvalue weighted by atomic mass is 10.2. The van der Waals surface area contributed by atoms with Gasteiger partial charge in [-0.3, -0.25) is 4.68 Å². The minimum atomic E-state index is -0.474. The lowest BCUT2D eigenvalue weighted by Gasteiger charge is -2.19. The fourth-order valence-corrected chi connectivity index (χ4v) is 1.22. The van der Waals surface area contributed by atoms with Crippen molar-refractivity contribution in [2.75, 3.05) is 6.54 Å². The predicted octanol–water partition coefficient (Wildman–Crippen LogP) is 1.50. The molecule has 0 aliphatic heterocycles. The first-order chi connectivity index (χ1) is 7.87. The lowest BCUT2D eigenvalue weighted by Crippen LogP contribution is -2.33. The van der Waals surface area contributed by atoms with Crippen LogP contribution in [0.15, 0.2) is 12.4 Å². The number of hydrogen-bond acceptors (Lipinski definition) is 4. The normalized spacial score (nSPS) is 11.2. The van der Waals surface area contributed by atoms with Crippen LogP contribution in [0.2, 0.25) is 0 Å². The van der Waals surface area contributed by atoms with E-state index in [0.717, 1.165) is 6.42 Å². The Kier molecular flexibility index (Phi) is 4.37. The number of nitrogens with zero attached hydrogens (tertiary/aromatic N) is 2. The van der Waals surface area contributed by atoms with Gasteiger partial charge in [0, 0.05) is 13.1 Å². The molecule has 0 aliphatic rings. The van der Waals surface area contributed by atoms with E-state index < -0.39 is 11.7 Å². The third-order valence-electron chi connectivity index (χ3n) is 1.85. The smallest absolute Gasteiger partial charge is 0.407 e. The SMILES string of the molecule is CC(C)(C)OC(=O)NCCCn1cc(O)cn1. The Bertz CT molecular complexity index is 368. The Hall–Kier alpha value is -1.72. The molecule has 0 saturated heterocycles. The topological polar surface area (TPSA) is 76.4 Å². The van der Waals surface area contributed by atoms with Crippen LogP contribution in [0.25, 0.3) is 0 Å². The molecule has 0 bridgehead atoms. The third kappa shape index (κ3) is 5.79. The molecule has 96 valence electrons. The van der Waals surface area contributed by atoms with Gasteiger partial charge in [-0.15, -0.1) is 0 Å². The van der Waals surface area contributed by atoms with Crippen molar-refractivity contribution in [3.8, 4) is 5.75 Å². The van der Waals surface area contributed by atoms with E-state index in [1.807, 2.05) is 20.8 Å². The molecule has 0 aromatic carbocycles. The number of amides is 1. The molecular weight excluding hydrogens is 222 g/mol. The van der Waals surface area contributed by atoms with Crippen LogP contribution in [0.4, 0.5) is 4.79 Å². The summed E-state index contributed by atoms with van der Waals surface area (Å²) >= 11 is 0. The van der Waals surface area contributed by atoms with Crippen molar-refractivity contribution in [2.45, 2.75) is 39.3 Å². The zero-order chi connectivity index (χ0) is 12.9. The minimum Gasteiger partial charge on any atom is -0.505 e. The number of hydrogen-bond donors (Lipinski definition) is 2. The van der Waals surface area contributed by atoms with E-state index in [0.29, 0.717) is 13.1 Å². The van der Waals surface area contributed by atoms with Crippen LogP contribution in [-0.2, 0) is 11.3 Å². The molecule has 1 amide bonds. The average molecular weight is 241 g/mol. The Labute approximate surface area is 101 Å². The molecule has 1 heterocycles. The number of nitrogens with one attached hydrogen (secondary N) is 1. The second-order valence-corrected chi connectivity index (χ2v) is 4.74. The van der Waals surface area contributed by atoms with E-state index >= 15 is 0 Å². The third-order valence-corrected chi connectivity index (χ3v) is 1.85. The van der Waals surface area contributed by atoms with E-state index in [-0.39, 0.29) is 5.75 Å². The van der Waals surface area contributed by atoms with Crippen LogP contribution in [0.5, 0.6) is 5.75 Å². The van der Waals surface area contributed by atoms with Crippen molar-refractivity contribution in [3.05, 3.63) is 12.4 Å². The first kappa shape index (κ1) is 13.3. The van der Waals surface area contributed by atoms with Crippen LogP contribution in [0.1, 0.15) is 27.2 Å². The number of rotatable bonds is 4. The quantitative estimate of drug-likeness (QED) is 0.783. The van der Waals surface area contributed by atoms with Gasteiger partial charge in [0.1, 0.15) is 5.60 Å². The number of aromatic hydroxyl groups is 1. The van der Waals surface area contributed by atoms with E-state index in [2.05, 4.69) is 10.4 Å². The maximum atomic E-state index is 11.3. The number of alkyl carbamates (subject to hydrolysis) is 1. The van der Waals surface area contributed by atoms with Gasteiger partial charge in [-0.2, -0.15) is 5.10 Å². The molecule has 0 fully saturated rings. The van der Waals surface area contributed by atoms with Gasteiger partial charge >= 0.3 is 6.09 Å². The van der Waals surface area contributed by atoms with Gasteiger partial charge in [0.05, 0.1) is 12.4 Å².